The highest BCUT2D eigenvalue weighted by atomic mass is 32.1. The Morgan fingerprint density at radius 1 is 1.03 bits per heavy atom. The molecule has 0 unspecified atom stereocenters. The summed E-state index contributed by atoms with van der Waals surface area (Å²) in [5, 5.41) is 9.49. The van der Waals surface area contributed by atoms with E-state index in [0.29, 0.717) is 33.9 Å². The molecular formula is C26H21FN8S. The second-order valence-corrected chi connectivity index (χ2v) is 9.92. The van der Waals surface area contributed by atoms with Crippen LogP contribution in [-0.4, -0.2) is 53.1 Å². The summed E-state index contributed by atoms with van der Waals surface area (Å²) in [6, 6.07) is 8.00. The summed E-state index contributed by atoms with van der Waals surface area (Å²) in [5.41, 5.74) is 5.21. The lowest BCUT2D eigenvalue weighted by Gasteiger charge is -2.15. The van der Waals surface area contributed by atoms with E-state index < -0.39 is 5.82 Å². The quantitative estimate of drug-likeness (QED) is 0.331. The van der Waals surface area contributed by atoms with Crippen LogP contribution in [0.1, 0.15) is 18.4 Å². The first-order chi connectivity index (χ1) is 17.7. The van der Waals surface area contributed by atoms with Gasteiger partial charge in [0.1, 0.15) is 11.5 Å². The van der Waals surface area contributed by atoms with E-state index in [-0.39, 0.29) is 5.39 Å². The minimum absolute atomic E-state index is 0.286. The molecule has 8 nitrogen and oxygen atoms in total. The maximum atomic E-state index is 16.0. The maximum Gasteiger partial charge on any atom is 0.184 e. The molecule has 6 aromatic heterocycles. The predicted molar refractivity (Wildman–Crippen MR) is 138 cm³/mol. The Bertz CT molecular complexity index is 1700. The fourth-order valence-corrected chi connectivity index (χ4v) is 5.67. The first-order valence-electron chi connectivity index (χ1n) is 11.8. The molecule has 6 aromatic rings. The lowest BCUT2D eigenvalue weighted by atomic mass is 10.0. The SMILES string of the molecule is Fc1c(-c2cncc(CN3CCCC3)c2)cnc2n[nH]c(-c3nc4nccc(-c5cccs5)c4[nH]3)c12. The molecule has 10 heteroatoms. The molecule has 0 aliphatic carbocycles. The monoisotopic (exact) mass is 496 g/mol. The highest BCUT2D eigenvalue weighted by Gasteiger charge is 2.22. The van der Waals surface area contributed by atoms with Gasteiger partial charge in [-0.15, -0.1) is 11.3 Å². The van der Waals surface area contributed by atoms with Crippen LogP contribution < -0.4 is 0 Å². The molecular weight excluding hydrogens is 475 g/mol. The Hall–Kier alpha value is -4.02. The number of aromatic nitrogens is 7. The molecule has 0 atom stereocenters. The van der Waals surface area contributed by atoms with Crippen LogP contribution in [0.3, 0.4) is 0 Å². The van der Waals surface area contributed by atoms with Crippen molar-refractivity contribution in [1.29, 1.82) is 0 Å². The number of hydrogen-bond acceptors (Lipinski definition) is 7. The van der Waals surface area contributed by atoms with Crippen LogP contribution >= 0.6 is 11.3 Å². The molecule has 0 amide bonds. The predicted octanol–water partition coefficient (Wildman–Crippen LogP) is 5.42. The molecule has 0 bridgehead atoms. The number of H-pyrrole nitrogens is 2. The molecule has 2 N–H and O–H groups in total. The second-order valence-electron chi connectivity index (χ2n) is 8.97. The Balaban J connectivity index is 1.32. The molecule has 178 valence electrons. The zero-order valence-corrected chi connectivity index (χ0v) is 20.0. The topological polar surface area (TPSA) is 99.3 Å². The average Bonchev–Trinajstić information content (AvgIpc) is 3.70. The normalized spacial score (nSPS) is 14.4. The maximum absolute atomic E-state index is 16.0. The fraction of sp³-hybridized carbons (Fsp3) is 0.192. The van der Waals surface area contributed by atoms with E-state index in [1.165, 1.54) is 19.0 Å². The zero-order chi connectivity index (χ0) is 24.1. The van der Waals surface area contributed by atoms with Gasteiger partial charge in [-0.1, -0.05) is 6.07 Å². The number of aromatic amines is 2. The summed E-state index contributed by atoms with van der Waals surface area (Å²) >= 11 is 1.64. The minimum Gasteiger partial charge on any atom is -0.335 e. The largest absolute Gasteiger partial charge is 0.335 e. The first-order valence-corrected chi connectivity index (χ1v) is 12.7. The summed E-state index contributed by atoms with van der Waals surface area (Å²) in [6.07, 6.45) is 9.22. The van der Waals surface area contributed by atoms with Crippen molar-refractivity contribution in [3.63, 3.8) is 0 Å². The van der Waals surface area contributed by atoms with E-state index in [2.05, 4.69) is 40.0 Å². The van der Waals surface area contributed by atoms with Crippen LogP contribution in [0.15, 0.2) is 54.4 Å². The number of rotatable bonds is 5. The number of fused-ring (bicyclic) bond motifs is 2. The molecule has 1 aliphatic heterocycles. The number of nitrogens with zero attached hydrogens (tertiary/aromatic N) is 6. The van der Waals surface area contributed by atoms with Crippen LogP contribution in [-0.2, 0) is 6.54 Å². The van der Waals surface area contributed by atoms with Gasteiger partial charge in [0.2, 0.25) is 0 Å². The van der Waals surface area contributed by atoms with Gasteiger partial charge < -0.3 is 4.98 Å². The Morgan fingerprint density at radius 2 is 1.94 bits per heavy atom. The van der Waals surface area contributed by atoms with Crippen LogP contribution in [0.4, 0.5) is 4.39 Å². The van der Waals surface area contributed by atoms with Crippen LogP contribution in [0, 0.1) is 5.82 Å². The Labute approximate surface area is 209 Å². The molecule has 36 heavy (non-hydrogen) atoms. The van der Waals surface area contributed by atoms with Gasteiger partial charge in [0, 0.05) is 52.9 Å². The molecule has 1 saturated heterocycles. The number of thiophene rings is 1. The number of imidazole rings is 1. The third-order valence-corrected chi connectivity index (χ3v) is 7.55. The lowest BCUT2D eigenvalue weighted by molar-refractivity contribution is 0.331. The Kier molecular flexibility index (Phi) is 5.07. The molecule has 0 aromatic carbocycles. The Morgan fingerprint density at radius 3 is 2.81 bits per heavy atom. The standard InChI is InChI=1S/C26H21FN8S/c27-21-18(16-10-15(11-28-12-16)14-35-7-1-2-8-35)13-30-24-20(21)23(33-34-24)26-31-22-17(19-4-3-9-36-19)5-6-29-25(22)32-26/h3-6,9-13H,1-2,7-8,14H2,(H,29,31,32)(H,30,33,34). The van der Waals surface area contributed by atoms with Gasteiger partial charge in [0.05, 0.1) is 10.9 Å². The van der Waals surface area contributed by atoms with Crippen molar-refractivity contribution < 1.29 is 4.39 Å². The minimum atomic E-state index is -0.407. The fourth-order valence-electron chi connectivity index (χ4n) is 4.91. The third-order valence-electron chi connectivity index (χ3n) is 6.65. The van der Waals surface area contributed by atoms with Gasteiger partial charge in [-0.25, -0.2) is 19.3 Å². The van der Waals surface area contributed by atoms with E-state index in [1.54, 1.807) is 23.7 Å². The molecule has 7 heterocycles. The van der Waals surface area contributed by atoms with Crippen molar-refractivity contribution in [1.82, 2.24) is 40.0 Å². The van der Waals surface area contributed by atoms with Gasteiger partial charge >= 0.3 is 0 Å². The molecule has 7 rings (SSSR count). The highest BCUT2D eigenvalue weighted by Crippen LogP contribution is 2.35. The van der Waals surface area contributed by atoms with E-state index in [9.17, 15) is 0 Å². The van der Waals surface area contributed by atoms with Crippen molar-refractivity contribution in [3.05, 3.63) is 65.8 Å². The van der Waals surface area contributed by atoms with Crippen LogP contribution in [0.2, 0.25) is 0 Å². The number of nitrogens with one attached hydrogen (secondary N) is 2. The number of halogens is 1. The van der Waals surface area contributed by atoms with Crippen molar-refractivity contribution in [2.45, 2.75) is 19.4 Å². The van der Waals surface area contributed by atoms with Gasteiger partial charge in [-0.05, 0) is 55.1 Å². The summed E-state index contributed by atoms with van der Waals surface area (Å²) in [5.74, 6) is 0.0542. The molecule has 1 fully saturated rings. The first kappa shape index (κ1) is 21.3. The van der Waals surface area contributed by atoms with Crippen molar-refractivity contribution in [2.75, 3.05) is 13.1 Å². The number of likely N-dealkylation sites (tertiary alicyclic amines) is 1. The third kappa shape index (κ3) is 3.57. The molecule has 0 saturated carbocycles. The molecule has 0 spiro atoms. The van der Waals surface area contributed by atoms with Gasteiger partial charge in [0.15, 0.2) is 17.1 Å². The summed E-state index contributed by atoms with van der Waals surface area (Å²) < 4.78 is 16.0. The van der Waals surface area contributed by atoms with E-state index >= 15 is 4.39 Å². The van der Waals surface area contributed by atoms with E-state index in [1.807, 2.05) is 35.8 Å². The van der Waals surface area contributed by atoms with Gasteiger partial charge in [-0.2, -0.15) is 5.10 Å². The lowest BCUT2D eigenvalue weighted by Crippen LogP contribution is -2.18. The van der Waals surface area contributed by atoms with Crippen molar-refractivity contribution >= 4 is 33.5 Å². The smallest absolute Gasteiger partial charge is 0.184 e. The summed E-state index contributed by atoms with van der Waals surface area (Å²) in [4.78, 5) is 24.7. The van der Waals surface area contributed by atoms with Crippen LogP contribution in [0.25, 0.3) is 55.3 Å². The van der Waals surface area contributed by atoms with Crippen molar-refractivity contribution in [3.8, 4) is 33.1 Å². The average molecular weight is 497 g/mol. The van der Waals surface area contributed by atoms with E-state index in [0.717, 1.165) is 41.2 Å². The van der Waals surface area contributed by atoms with Crippen LogP contribution in [0.5, 0.6) is 0 Å². The summed E-state index contributed by atoms with van der Waals surface area (Å²) in [7, 11) is 0. The van der Waals surface area contributed by atoms with Gasteiger partial charge in [-0.3, -0.25) is 15.0 Å². The number of pyridine rings is 3. The van der Waals surface area contributed by atoms with Gasteiger partial charge in [0.25, 0.3) is 0 Å². The molecule has 0 radical (unpaired) electrons. The zero-order valence-electron chi connectivity index (χ0n) is 19.2. The van der Waals surface area contributed by atoms with E-state index in [4.69, 9.17) is 0 Å². The second kappa shape index (κ2) is 8.58. The molecule has 1 aliphatic rings. The summed E-state index contributed by atoms with van der Waals surface area (Å²) in [6.45, 7) is 2.99. The number of hydrogen-bond donors (Lipinski definition) is 2. The highest BCUT2D eigenvalue weighted by molar-refractivity contribution is 7.13. The van der Waals surface area contributed by atoms with Crippen molar-refractivity contribution in [2.24, 2.45) is 0 Å².